The normalized spacial score (nSPS) is 12.4. The SMILES string of the molecule is CCCCCCCCCCCCOC(=O)CC(C)[P+](=O)[O-].[Na]. The zero-order valence-electron chi connectivity index (χ0n) is 14.6. The Morgan fingerprint density at radius 2 is 1.45 bits per heavy atom. The van der Waals surface area contributed by atoms with Gasteiger partial charge in [-0.2, -0.15) is 0 Å². The van der Waals surface area contributed by atoms with Crippen LogP contribution in [0.2, 0.25) is 0 Å². The van der Waals surface area contributed by atoms with Crippen LogP contribution in [0.5, 0.6) is 0 Å². The van der Waals surface area contributed by atoms with Gasteiger partial charge < -0.3 is 9.63 Å². The van der Waals surface area contributed by atoms with Crippen molar-refractivity contribution in [2.75, 3.05) is 6.61 Å². The van der Waals surface area contributed by atoms with Crippen LogP contribution < -0.4 is 4.89 Å². The number of unbranched alkanes of at least 4 members (excludes halogenated alkanes) is 9. The first-order chi connectivity index (χ1) is 10.1. The van der Waals surface area contributed by atoms with Crippen LogP contribution in [0.15, 0.2) is 0 Å². The maximum atomic E-state index is 11.3. The predicted octanol–water partition coefficient (Wildman–Crippen LogP) is 3.95. The van der Waals surface area contributed by atoms with Crippen LogP contribution >= 0.6 is 8.03 Å². The zero-order valence-corrected chi connectivity index (χ0v) is 17.5. The summed E-state index contributed by atoms with van der Waals surface area (Å²) >= 11 is 0. The summed E-state index contributed by atoms with van der Waals surface area (Å²) < 4.78 is 15.7. The van der Waals surface area contributed by atoms with E-state index in [-0.39, 0.29) is 36.0 Å². The van der Waals surface area contributed by atoms with Gasteiger partial charge >= 0.3 is 14.0 Å². The molecule has 2 unspecified atom stereocenters. The second-order valence-electron chi connectivity index (χ2n) is 5.74. The molecular weight excluding hydrogens is 310 g/mol. The average molecular weight is 341 g/mol. The minimum atomic E-state index is -2.53. The van der Waals surface area contributed by atoms with Crippen molar-refractivity contribution >= 4 is 43.6 Å². The molecule has 0 N–H and O–H groups in total. The molecule has 0 aromatic carbocycles. The van der Waals surface area contributed by atoms with Crippen LogP contribution in [-0.2, 0) is 14.1 Å². The van der Waals surface area contributed by atoms with E-state index >= 15 is 0 Å². The standard InChI is InChI=1S/C16H31O4P.Na/c1-3-4-5-6-7-8-9-10-11-12-13-20-16(17)14-15(2)21(18)19;/h15H,3-14H2,1-2H3;. The van der Waals surface area contributed by atoms with Crippen LogP contribution in [0.4, 0.5) is 0 Å². The molecule has 0 bridgehead atoms. The van der Waals surface area contributed by atoms with E-state index in [0.717, 1.165) is 12.8 Å². The Morgan fingerprint density at radius 3 is 1.91 bits per heavy atom. The Balaban J connectivity index is 0. The van der Waals surface area contributed by atoms with Gasteiger partial charge in [0.25, 0.3) is 0 Å². The molecule has 2 atom stereocenters. The summed E-state index contributed by atoms with van der Waals surface area (Å²) in [4.78, 5) is 22.0. The van der Waals surface area contributed by atoms with Crippen molar-refractivity contribution in [2.45, 2.75) is 90.1 Å². The van der Waals surface area contributed by atoms with Crippen molar-refractivity contribution in [3.8, 4) is 0 Å². The van der Waals surface area contributed by atoms with E-state index in [0.29, 0.717) is 6.61 Å². The molecule has 0 rings (SSSR count). The summed E-state index contributed by atoms with van der Waals surface area (Å²) in [6.45, 7) is 4.17. The maximum Gasteiger partial charge on any atom is 0.312 e. The van der Waals surface area contributed by atoms with Crippen molar-refractivity contribution < 1.29 is 19.0 Å². The predicted molar refractivity (Wildman–Crippen MR) is 90.2 cm³/mol. The molecule has 0 aliphatic carbocycles. The summed E-state index contributed by atoms with van der Waals surface area (Å²) in [6.07, 6.45) is 12.4. The van der Waals surface area contributed by atoms with Crippen molar-refractivity contribution in [2.24, 2.45) is 0 Å². The molecule has 0 aromatic heterocycles. The van der Waals surface area contributed by atoms with Gasteiger partial charge in [0.15, 0.2) is 5.66 Å². The quantitative estimate of drug-likeness (QED) is 0.208. The van der Waals surface area contributed by atoms with Gasteiger partial charge in [0.05, 0.1) is 13.0 Å². The van der Waals surface area contributed by atoms with Gasteiger partial charge in [0, 0.05) is 29.6 Å². The third kappa shape index (κ3) is 16.9. The number of carbonyl (C=O) groups is 1. The van der Waals surface area contributed by atoms with Crippen molar-refractivity contribution in [3.63, 3.8) is 0 Å². The Hall–Kier alpha value is 0.530. The summed E-state index contributed by atoms with van der Waals surface area (Å²) in [5, 5.41) is 0. The van der Waals surface area contributed by atoms with E-state index in [1.54, 1.807) is 0 Å². The number of hydrogen-bond acceptors (Lipinski definition) is 4. The molecule has 0 aliphatic rings. The van der Waals surface area contributed by atoms with Gasteiger partial charge in [-0.05, 0) is 13.3 Å². The topological polar surface area (TPSA) is 66.4 Å². The molecule has 4 nitrogen and oxygen atoms in total. The van der Waals surface area contributed by atoms with E-state index in [2.05, 4.69) is 6.92 Å². The second-order valence-corrected chi connectivity index (χ2v) is 7.19. The second kappa shape index (κ2) is 17.9. The van der Waals surface area contributed by atoms with Crippen molar-refractivity contribution in [1.82, 2.24) is 0 Å². The molecule has 22 heavy (non-hydrogen) atoms. The smallest absolute Gasteiger partial charge is 0.312 e. The van der Waals surface area contributed by atoms with Gasteiger partial charge in [-0.1, -0.05) is 69.3 Å². The molecular formula is C16H31NaO4P. The first kappa shape index (κ1) is 24.8. The first-order valence-electron chi connectivity index (χ1n) is 8.37. The van der Waals surface area contributed by atoms with Gasteiger partial charge in [-0.3, -0.25) is 4.79 Å². The molecule has 0 spiro atoms. The van der Waals surface area contributed by atoms with E-state index in [1.807, 2.05) is 0 Å². The van der Waals surface area contributed by atoms with Gasteiger partial charge in [0.1, 0.15) is 0 Å². The number of carbonyl (C=O) groups excluding carboxylic acids is 1. The third-order valence-corrected chi connectivity index (χ3v) is 4.49. The Bertz CT molecular complexity index is 287. The van der Waals surface area contributed by atoms with Crippen LogP contribution in [0.25, 0.3) is 0 Å². The fourth-order valence-corrected chi connectivity index (χ4v) is 2.45. The van der Waals surface area contributed by atoms with Crippen LogP contribution in [0.1, 0.15) is 84.5 Å². The van der Waals surface area contributed by atoms with Crippen LogP contribution in [0.3, 0.4) is 0 Å². The molecule has 0 heterocycles. The monoisotopic (exact) mass is 341 g/mol. The maximum absolute atomic E-state index is 11.3. The minimum Gasteiger partial charge on any atom is -0.595 e. The van der Waals surface area contributed by atoms with E-state index in [1.165, 1.54) is 58.3 Å². The molecule has 0 amide bonds. The first-order valence-corrected chi connectivity index (χ1v) is 9.61. The largest absolute Gasteiger partial charge is 0.595 e. The number of rotatable bonds is 14. The van der Waals surface area contributed by atoms with E-state index in [9.17, 15) is 14.3 Å². The number of hydrogen-bond donors (Lipinski definition) is 0. The third-order valence-electron chi connectivity index (χ3n) is 3.58. The molecule has 6 heteroatoms. The van der Waals surface area contributed by atoms with E-state index < -0.39 is 19.7 Å². The Labute approximate surface area is 158 Å². The van der Waals surface area contributed by atoms with Crippen molar-refractivity contribution in [3.05, 3.63) is 0 Å². The van der Waals surface area contributed by atoms with Gasteiger partial charge in [-0.15, -0.1) is 0 Å². The minimum absolute atomic E-state index is 0. The fraction of sp³-hybridized carbons (Fsp3) is 0.938. The average Bonchev–Trinajstić information content (AvgIpc) is 2.44. The zero-order chi connectivity index (χ0) is 15.9. The van der Waals surface area contributed by atoms with Gasteiger partial charge in [-0.25, -0.2) is 0 Å². The summed E-state index contributed by atoms with van der Waals surface area (Å²) in [5.74, 6) is -0.405. The van der Waals surface area contributed by atoms with E-state index in [4.69, 9.17) is 4.74 Å². The summed E-state index contributed by atoms with van der Waals surface area (Å²) in [6, 6.07) is 0. The molecule has 0 aliphatic heterocycles. The van der Waals surface area contributed by atoms with Crippen LogP contribution in [0, 0.1) is 0 Å². The molecule has 0 saturated carbocycles. The number of esters is 1. The molecule has 0 saturated heterocycles. The summed E-state index contributed by atoms with van der Waals surface area (Å²) in [5.41, 5.74) is -0.625. The number of ether oxygens (including phenoxy) is 1. The van der Waals surface area contributed by atoms with Gasteiger partial charge in [0.2, 0.25) is 0 Å². The Kier molecular flexibility index (Phi) is 20.1. The molecule has 0 aromatic rings. The molecule has 1 radical (unpaired) electrons. The fourth-order valence-electron chi connectivity index (χ4n) is 2.15. The van der Waals surface area contributed by atoms with Crippen molar-refractivity contribution in [1.29, 1.82) is 0 Å². The summed E-state index contributed by atoms with van der Waals surface area (Å²) in [7, 11) is -2.53. The Morgan fingerprint density at radius 1 is 1.00 bits per heavy atom. The molecule has 125 valence electrons. The van der Waals surface area contributed by atoms with Crippen LogP contribution in [-0.4, -0.2) is 47.8 Å². The molecule has 0 fully saturated rings.